The summed E-state index contributed by atoms with van der Waals surface area (Å²) in [5, 5.41) is 9.52. The van der Waals surface area contributed by atoms with Crippen LogP contribution >= 0.6 is 0 Å². The molecular weight excluding hydrogens is 276 g/mol. The van der Waals surface area contributed by atoms with Crippen LogP contribution in [-0.4, -0.2) is 26.2 Å². The molecule has 1 aromatic carbocycles. The van der Waals surface area contributed by atoms with Gasteiger partial charge in [0.15, 0.2) is 0 Å². The van der Waals surface area contributed by atoms with Gasteiger partial charge in [-0.2, -0.15) is 0 Å². The lowest BCUT2D eigenvalue weighted by molar-refractivity contribution is 0.118. The molecule has 0 amide bonds. The maximum atomic E-state index is 13.3. The standard InChI is InChI=1S/C12H17F2NO3S/c1-8(2)11(16)5-6-15-19(17,18)12-7-9(13)3-4-10(12)14/h3-4,7-8,11,15-16H,5-6H2,1-2H3. The van der Waals surface area contributed by atoms with E-state index in [1.165, 1.54) is 0 Å². The molecule has 2 N–H and O–H groups in total. The van der Waals surface area contributed by atoms with E-state index in [-0.39, 0.29) is 18.9 Å². The van der Waals surface area contributed by atoms with E-state index in [0.29, 0.717) is 6.07 Å². The summed E-state index contributed by atoms with van der Waals surface area (Å²) in [5.74, 6) is -1.85. The molecule has 1 unspecified atom stereocenters. The molecule has 1 atom stereocenters. The molecule has 108 valence electrons. The number of nitrogens with one attached hydrogen (secondary N) is 1. The molecule has 1 rings (SSSR count). The highest BCUT2D eigenvalue weighted by Crippen LogP contribution is 2.15. The van der Waals surface area contributed by atoms with Crippen molar-refractivity contribution in [1.82, 2.24) is 4.72 Å². The zero-order chi connectivity index (χ0) is 14.6. The van der Waals surface area contributed by atoms with Crippen molar-refractivity contribution in [2.75, 3.05) is 6.54 Å². The number of halogens is 2. The lowest BCUT2D eigenvalue weighted by Gasteiger charge is -2.14. The number of hydrogen-bond acceptors (Lipinski definition) is 3. The highest BCUT2D eigenvalue weighted by Gasteiger charge is 2.20. The Morgan fingerprint density at radius 3 is 2.53 bits per heavy atom. The van der Waals surface area contributed by atoms with E-state index < -0.39 is 32.7 Å². The van der Waals surface area contributed by atoms with E-state index in [2.05, 4.69) is 4.72 Å². The third-order valence-corrected chi connectivity index (χ3v) is 4.16. The van der Waals surface area contributed by atoms with Crippen LogP contribution in [0.4, 0.5) is 8.78 Å². The molecule has 0 bridgehead atoms. The summed E-state index contributed by atoms with van der Waals surface area (Å²) in [7, 11) is -4.11. The quantitative estimate of drug-likeness (QED) is 0.838. The van der Waals surface area contributed by atoms with Gasteiger partial charge in [-0.1, -0.05) is 13.8 Å². The lowest BCUT2D eigenvalue weighted by atomic mass is 10.1. The van der Waals surface area contributed by atoms with Gasteiger partial charge in [0.25, 0.3) is 0 Å². The third kappa shape index (κ3) is 4.52. The van der Waals surface area contributed by atoms with Gasteiger partial charge in [0.1, 0.15) is 16.5 Å². The number of hydrogen-bond donors (Lipinski definition) is 2. The van der Waals surface area contributed by atoms with Crippen LogP contribution in [0.25, 0.3) is 0 Å². The first-order valence-corrected chi connectivity index (χ1v) is 7.35. The van der Waals surface area contributed by atoms with Gasteiger partial charge in [0, 0.05) is 6.54 Å². The van der Waals surface area contributed by atoms with E-state index in [1.807, 2.05) is 0 Å². The third-order valence-electron chi connectivity index (χ3n) is 2.68. The molecular formula is C12H17F2NO3S. The monoisotopic (exact) mass is 293 g/mol. The Hall–Kier alpha value is -1.05. The molecule has 0 saturated heterocycles. The van der Waals surface area contributed by atoms with Crippen LogP contribution in [0.3, 0.4) is 0 Å². The van der Waals surface area contributed by atoms with Crippen LogP contribution < -0.4 is 4.72 Å². The van der Waals surface area contributed by atoms with Gasteiger partial charge < -0.3 is 5.11 Å². The SMILES string of the molecule is CC(C)C(O)CCNS(=O)(=O)c1cc(F)ccc1F. The molecule has 0 radical (unpaired) electrons. The lowest BCUT2D eigenvalue weighted by Crippen LogP contribution is -2.29. The Morgan fingerprint density at radius 2 is 1.95 bits per heavy atom. The zero-order valence-corrected chi connectivity index (χ0v) is 11.5. The summed E-state index contributed by atoms with van der Waals surface area (Å²) in [6.45, 7) is 3.55. The number of rotatable bonds is 6. The first-order chi connectivity index (χ1) is 8.74. The van der Waals surface area contributed by atoms with Gasteiger partial charge in [-0.3, -0.25) is 0 Å². The highest BCUT2D eigenvalue weighted by atomic mass is 32.2. The maximum Gasteiger partial charge on any atom is 0.243 e. The smallest absolute Gasteiger partial charge is 0.243 e. The van der Waals surface area contributed by atoms with Crippen molar-refractivity contribution in [3.8, 4) is 0 Å². The van der Waals surface area contributed by atoms with Gasteiger partial charge in [-0.25, -0.2) is 21.9 Å². The Balaban J connectivity index is 2.74. The number of sulfonamides is 1. The van der Waals surface area contributed by atoms with Gasteiger partial charge in [-0.05, 0) is 30.5 Å². The van der Waals surface area contributed by atoms with Crippen LogP contribution in [0.15, 0.2) is 23.1 Å². The van der Waals surface area contributed by atoms with E-state index in [1.54, 1.807) is 13.8 Å². The second-order valence-corrected chi connectivity index (χ2v) is 6.31. The van der Waals surface area contributed by atoms with Crippen LogP contribution in [0.1, 0.15) is 20.3 Å². The first kappa shape index (κ1) is 16.0. The van der Waals surface area contributed by atoms with Crippen LogP contribution in [0.2, 0.25) is 0 Å². The fourth-order valence-electron chi connectivity index (χ4n) is 1.44. The number of aliphatic hydroxyl groups excluding tert-OH is 1. The van der Waals surface area contributed by atoms with E-state index >= 15 is 0 Å². The largest absolute Gasteiger partial charge is 0.393 e. The van der Waals surface area contributed by atoms with Crippen molar-refractivity contribution >= 4 is 10.0 Å². The Bertz CT molecular complexity index is 532. The van der Waals surface area contributed by atoms with Crippen molar-refractivity contribution in [2.24, 2.45) is 5.92 Å². The molecule has 19 heavy (non-hydrogen) atoms. The predicted molar refractivity (Wildman–Crippen MR) is 67.0 cm³/mol. The first-order valence-electron chi connectivity index (χ1n) is 5.87. The molecule has 4 nitrogen and oxygen atoms in total. The van der Waals surface area contributed by atoms with Gasteiger partial charge in [-0.15, -0.1) is 0 Å². The fraction of sp³-hybridized carbons (Fsp3) is 0.500. The normalized spacial score (nSPS) is 13.8. The van der Waals surface area contributed by atoms with Crippen molar-refractivity contribution in [2.45, 2.75) is 31.3 Å². The molecule has 0 aliphatic carbocycles. The molecule has 0 saturated carbocycles. The van der Waals surface area contributed by atoms with Crippen LogP contribution in [-0.2, 0) is 10.0 Å². The summed E-state index contributed by atoms with van der Waals surface area (Å²) >= 11 is 0. The molecule has 7 heteroatoms. The Morgan fingerprint density at radius 1 is 1.32 bits per heavy atom. The number of aliphatic hydroxyl groups is 1. The molecule has 0 heterocycles. The molecule has 0 fully saturated rings. The van der Waals surface area contributed by atoms with Crippen molar-refractivity contribution < 1.29 is 22.3 Å². The Labute approximate surface area is 111 Å². The molecule has 1 aromatic rings. The zero-order valence-electron chi connectivity index (χ0n) is 10.7. The molecule has 0 aromatic heterocycles. The summed E-state index contributed by atoms with van der Waals surface area (Å²) in [6, 6.07) is 2.22. The number of benzene rings is 1. The second kappa shape index (κ2) is 6.40. The average Bonchev–Trinajstić information content (AvgIpc) is 2.31. The molecule has 0 aliphatic rings. The summed E-state index contributed by atoms with van der Waals surface area (Å²) in [6.07, 6.45) is -0.451. The van der Waals surface area contributed by atoms with Crippen molar-refractivity contribution in [1.29, 1.82) is 0 Å². The summed E-state index contributed by atoms with van der Waals surface area (Å²) in [5.41, 5.74) is 0. The summed E-state index contributed by atoms with van der Waals surface area (Å²) in [4.78, 5) is -0.730. The second-order valence-electron chi connectivity index (χ2n) is 4.57. The van der Waals surface area contributed by atoms with Crippen molar-refractivity contribution in [3.63, 3.8) is 0 Å². The van der Waals surface area contributed by atoms with Gasteiger partial charge in [0.05, 0.1) is 6.10 Å². The molecule has 0 aliphatic heterocycles. The van der Waals surface area contributed by atoms with Gasteiger partial charge in [0.2, 0.25) is 10.0 Å². The van der Waals surface area contributed by atoms with Crippen molar-refractivity contribution in [3.05, 3.63) is 29.8 Å². The Kier molecular flexibility index (Phi) is 5.39. The van der Waals surface area contributed by atoms with Crippen LogP contribution in [0, 0.1) is 17.6 Å². The fourth-order valence-corrected chi connectivity index (χ4v) is 2.57. The van der Waals surface area contributed by atoms with E-state index in [9.17, 15) is 22.3 Å². The molecule has 0 spiro atoms. The minimum absolute atomic E-state index is 0.00425. The van der Waals surface area contributed by atoms with Gasteiger partial charge >= 0.3 is 0 Å². The minimum atomic E-state index is -4.11. The average molecular weight is 293 g/mol. The van der Waals surface area contributed by atoms with E-state index in [0.717, 1.165) is 12.1 Å². The van der Waals surface area contributed by atoms with E-state index in [4.69, 9.17) is 0 Å². The highest BCUT2D eigenvalue weighted by molar-refractivity contribution is 7.89. The topological polar surface area (TPSA) is 66.4 Å². The van der Waals surface area contributed by atoms with Crippen LogP contribution in [0.5, 0.6) is 0 Å². The maximum absolute atomic E-state index is 13.3. The summed E-state index contributed by atoms with van der Waals surface area (Å²) < 4.78 is 51.9. The minimum Gasteiger partial charge on any atom is -0.393 e. The predicted octanol–water partition coefficient (Wildman–Crippen LogP) is 1.65.